The number of nitrogens with one attached hydrogen (secondary N) is 1. The number of para-hydroxylation sites is 2. The summed E-state index contributed by atoms with van der Waals surface area (Å²) < 4.78 is 12.8. The molecule has 4 rings (SSSR count). The van der Waals surface area contributed by atoms with E-state index in [2.05, 4.69) is 51.3 Å². The second-order valence-corrected chi connectivity index (χ2v) is 17.6. The van der Waals surface area contributed by atoms with Gasteiger partial charge in [0, 0.05) is 48.8 Å². The SMILES string of the molecule is CC(C)(C)[Si](C)(C)OCCCCC1(CNC(=O)[C@H]2C[C@@H](N)CN(C(=O)O)C2)c2ccccc2Oc2ccccc21. The third-order valence-electron chi connectivity index (χ3n) is 8.98. The maximum absolute atomic E-state index is 13.5. The fourth-order valence-electron chi connectivity index (χ4n) is 5.65. The minimum absolute atomic E-state index is 0.156. The molecule has 2 aliphatic rings. The van der Waals surface area contributed by atoms with Gasteiger partial charge in [0.2, 0.25) is 5.91 Å². The molecular formula is C31H45N3O5Si. The summed E-state index contributed by atoms with van der Waals surface area (Å²) in [5.41, 5.74) is 7.72. The van der Waals surface area contributed by atoms with E-state index >= 15 is 0 Å². The molecule has 2 aliphatic heterocycles. The van der Waals surface area contributed by atoms with Crippen molar-refractivity contribution in [3.05, 3.63) is 59.7 Å². The van der Waals surface area contributed by atoms with Gasteiger partial charge in [-0.15, -0.1) is 0 Å². The number of carbonyl (C=O) groups is 2. The van der Waals surface area contributed by atoms with Crippen LogP contribution in [0.1, 0.15) is 57.6 Å². The summed E-state index contributed by atoms with van der Waals surface area (Å²) in [7, 11) is -1.83. The van der Waals surface area contributed by atoms with Gasteiger partial charge in [-0.05, 0) is 55.9 Å². The second kappa shape index (κ2) is 11.9. The molecule has 2 heterocycles. The van der Waals surface area contributed by atoms with E-state index in [1.165, 1.54) is 4.90 Å². The number of nitrogens with two attached hydrogens (primary N) is 1. The molecule has 0 bridgehead atoms. The Morgan fingerprint density at radius 2 is 1.68 bits per heavy atom. The van der Waals surface area contributed by atoms with Gasteiger partial charge in [-0.1, -0.05) is 57.2 Å². The van der Waals surface area contributed by atoms with Crippen LogP contribution in [0.3, 0.4) is 0 Å². The number of ether oxygens (including phenoxy) is 1. The standard InChI is InChI=1S/C31H45N3O5Si/c1-30(2,3)40(4,5)38-17-11-10-16-31(21-33-28(35)22-18-23(32)20-34(19-22)29(36)37)24-12-6-8-14-26(24)39-27-15-9-7-13-25(27)31/h6-9,12-15,22-23H,10-11,16-21,32H2,1-5H3,(H,33,35)(H,36,37)/t22-,23+/m0/s1. The van der Waals surface area contributed by atoms with Crippen LogP contribution in [0, 0.1) is 5.92 Å². The lowest BCUT2D eigenvalue weighted by atomic mass is 9.69. The lowest BCUT2D eigenvalue weighted by Gasteiger charge is -2.41. The molecule has 9 heteroatoms. The van der Waals surface area contributed by atoms with E-state index in [0.29, 0.717) is 19.6 Å². The normalized spacial score (nSPS) is 20.2. The van der Waals surface area contributed by atoms with Crippen molar-refractivity contribution in [2.45, 2.75) is 76.0 Å². The molecule has 8 nitrogen and oxygen atoms in total. The summed E-state index contributed by atoms with van der Waals surface area (Å²) in [6.07, 6.45) is 2.05. The summed E-state index contributed by atoms with van der Waals surface area (Å²) in [5, 5.41) is 12.9. The van der Waals surface area contributed by atoms with Crippen LogP contribution in [0.2, 0.25) is 18.1 Å². The third-order valence-corrected chi connectivity index (χ3v) is 13.5. The molecule has 2 aromatic carbocycles. The first-order valence-corrected chi connectivity index (χ1v) is 17.3. The van der Waals surface area contributed by atoms with Crippen molar-refractivity contribution in [1.82, 2.24) is 10.2 Å². The average Bonchev–Trinajstić information content (AvgIpc) is 2.90. The number of carbonyl (C=O) groups excluding carboxylic acids is 1. The summed E-state index contributed by atoms with van der Waals surface area (Å²) >= 11 is 0. The minimum atomic E-state index is -1.83. The van der Waals surface area contributed by atoms with E-state index in [-0.39, 0.29) is 30.1 Å². The van der Waals surface area contributed by atoms with Crippen molar-refractivity contribution in [1.29, 1.82) is 0 Å². The van der Waals surface area contributed by atoms with Gasteiger partial charge in [-0.25, -0.2) is 4.79 Å². The highest BCUT2D eigenvalue weighted by Gasteiger charge is 2.43. The van der Waals surface area contributed by atoms with Gasteiger partial charge >= 0.3 is 6.09 Å². The van der Waals surface area contributed by atoms with Gasteiger partial charge in [-0.3, -0.25) is 4.79 Å². The van der Waals surface area contributed by atoms with Gasteiger partial charge in [0.1, 0.15) is 11.5 Å². The highest BCUT2D eigenvalue weighted by molar-refractivity contribution is 6.74. The molecule has 40 heavy (non-hydrogen) atoms. The molecular weight excluding hydrogens is 522 g/mol. The number of unbranched alkanes of at least 4 members (excludes halogenated alkanes) is 1. The molecule has 2 atom stereocenters. The molecule has 1 saturated heterocycles. The van der Waals surface area contributed by atoms with Crippen LogP contribution >= 0.6 is 0 Å². The van der Waals surface area contributed by atoms with Gasteiger partial charge in [0.25, 0.3) is 0 Å². The van der Waals surface area contributed by atoms with Crippen LogP contribution in [-0.4, -0.2) is 62.6 Å². The van der Waals surface area contributed by atoms with Crippen molar-refractivity contribution in [2.24, 2.45) is 11.7 Å². The first-order valence-electron chi connectivity index (χ1n) is 14.4. The van der Waals surface area contributed by atoms with Crippen molar-refractivity contribution in [3.63, 3.8) is 0 Å². The Bertz CT molecular complexity index is 1170. The molecule has 4 N–H and O–H groups in total. The zero-order valence-corrected chi connectivity index (χ0v) is 25.5. The Morgan fingerprint density at radius 3 is 2.25 bits per heavy atom. The van der Waals surface area contributed by atoms with Crippen molar-refractivity contribution < 1.29 is 23.9 Å². The fourth-order valence-corrected chi connectivity index (χ4v) is 6.74. The summed E-state index contributed by atoms with van der Waals surface area (Å²) in [5.74, 6) is 0.943. The Kier molecular flexibility index (Phi) is 8.97. The highest BCUT2D eigenvalue weighted by atomic mass is 28.4. The number of amides is 2. The molecule has 0 spiro atoms. The number of benzene rings is 2. The van der Waals surface area contributed by atoms with E-state index < -0.39 is 25.7 Å². The number of nitrogens with zero attached hydrogens (tertiary/aromatic N) is 1. The largest absolute Gasteiger partial charge is 0.465 e. The number of carboxylic acid groups (broad SMARTS) is 1. The first kappa shape index (κ1) is 30.1. The average molecular weight is 568 g/mol. The van der Waals surface area contributed by atoms with E-state index in [9.17, 15) is 14.7 Å². The fraction of sp³-hybridized carbons (Fsp3) is 0.548. The van der Waals surface area contributed by atoms with Crippen molar-refractivity contribution in [2.75, 3.05) is 26.2 Å². The van der Waals surface area contributed by atoms with Crippen LogP contribution in [0.25, 0.3) is 0 Å². The van der Waals surface area contributed by atoms with Gasteiger partial charge < -0.3 is 30.2 Å². The molecule has 0 saturated carbocycles. The molecule has 2 amide bonds. The predicted octanol–water partition coefficient (Wildman–Crippen LogP) is 5.71. The number of likely N-dealkylation sites (tertiary alicyclic amines) is 1. The van der Waals surface area contributed by atoms with Gasteiger partial charge in [0.15, 0.2) is 8.32 Å². The topological polar surface area (TPSA) is 114 Å². The number of piperidine rings is 1. The predicted molar refractivity (Wildman–Crippen MR) is 159 cm³/mol. The zero-order valence-electron chi connectivity index (χ0n) is 24.5. The quantitative estimate of drug-likeness (QED) is 0.264. The number of hydrogen-bond donors (Lipinski definition) is 3. The lowest BCUT2D eigenvalue weighted by Crippen LogP contribution is -2.54. The minimum Gasteiger partial charge on any atom is -0.465 e. The van der Waals surface area contributed by atoms with E-state index in [1.54, 1.807) is 0 Å². The molecule has 0 aromatic heterocycles. The van der Waals surface area contributed by atoms with Crippen LogP contribution in [0.4, 0.5) is 4.79 Å². The zero-order chi connectivity index (χ0) is 29.1. The maximum atomic E-state index is 13.5. The Morgan fingerprint density at radius 1 is 1.07 bits per heavy atom. The van der Waals surface area contributed by atoms with Crippen molar-refractivity contribution >= 4 is 20.3 Å². The second-order valence-electron chi connectivity index (χ2n) is 12.8. The molecule has 1 fully saturated rings. The van der Waals surface area contributed by atoms with E-state index in [4.69, 9.17) is 14.9 Å². The summed E-state index contributed by atoms with van der Waals surface area (Å²) in [6.45, 7) is 12.8. The summed E-state index contributed by atoms with van der Waals surface area (Å²) in [4.78, 5) is 26.3. The Hall–Kier alpha value is -2.88. The molecule has 218 valence electrons. The number of fused-ring (bicyclic) bond motifs is 2. The smallest absolute Gasteiger partial charge is 0.407 e. The van der Waals surface area contributed by atoms with Crippen LogP contribution in [0.5, 0.6) is 11.5 Å². The van der Waals surface area contributed by atoms with Crippen molar-refractivity contribution in [3.8, 4) is 11.5 Å². The highest BCUT2D eigenvalue weighted by Crippen LogP contribution is 2.50. The van der Waals surface area contributed by atoms with Crippen LogP contribution in [-0.2, 0) is 14.6 Å². The lowest BCUT2D eigenvalue weighted by molar-refractivity contribution is -0.126. The third kappa shape index (κ3) is 6.37. The van der Waals surface area contributed by atoms with Gasteiger partial charge in [-0.2, -0.15) is 0 Å². The molecule has 0 aliphatic carbocycles. The van der Waals surface area contributed by atoms with Crippen LogP contribution in [0.15, 0.2) is 48.5 Å². The first-order chi connectivity index (χ1) is 18.8. The number of hydrogen-bond acceptors (Lipinski definition) is 5. The molecule has 2 aromatic rings. The van der Waals surface area contributed by atoms with Gasteiger partial charge in [0.05, 0.1) is 5.92 Å². The van der Waals surface area contributed by atoms with E-state index in [1.807, 2.05) is 36.4 Å². The molecule has 0 radical (unpaired) electrons. The molecule has 0 unspecified atom stereocenters. The summed E-state index contributed by atoms with van der Waals surface area (Å²) in [6, 6.07) is 15.7. The van der Waals surface area contributed by atoms with Crippen LogP contribution < -0.4 is 15.8 Å². The number of rotatable bonds is 9. The Labute approximate surface area is 239 Å². The Balaban J connectivity index is 1.56. The maximum Gasteiger partial charge on any atom is 0.407 e. The van der Waals surface area contributed by atoms with E-state index in [0.717, 1.165) is 41.9 Å². The monoisotopic (exact) mass is 567 g/mol.